The number of nitrogens with one attached hydrogen (secondary N) is 1. The topological polar surface area (TPSA) is 63.8 Å². The first kappa shape index (κ1) is 16.8. The Hall–Kier alpha value is -2.56. The van der Waals surface area contributed by atoms with Crippen molar-refractivity contribution in [3.63, 3.8) is 0 Å². The molecule has 122 valence electrons. The molecule has 0 spiro atoms. The van der Waals surface area contributed by atoms with Crippen molar-refractivity contribution in [3.8, 4) is 5.75 Å². The zero-order chi connectivity index (χ0) is 17.0. The standard InChI is InChI=1S/C18H22N2O3/c1-11(2)22-16-8-6-15(7-9-16)18(21)20-19-13(4)17-10-12(3)23-14(17)5/h6-11H,1-5H3,(H,20,21)/b19-13-. The fraction of sp³-hybridized carbons (Fsp3) is 0.333. The SMILES string of the molecule is C/C(=N/NC(=O)c1ccc(OC(C)C)cc1)c1cc(C)oc1C. The highest BCUT2D eigenvalue weighted by Gasteiger charge is 2.09. The summed E-state index contributed by atoms with van der Waals surface area (Å²) in [5.74, 6) is 2.08. The van der Waals surface area contributed by atoms with Gasteiger partial charge in [-0.1, -0.05) is 0 Å². The van der Waals surface area contributed by atoms with E-state index in [1.807, 2.05) is 40.7 Å². The first-order chi connectivity index (χ1) is 10.9. The van der Waals surface area contributed by atoms with Crippen molar-refractivity contribution in [2.45, 2.75) is 40.7 Å². The van der Waals surface area contributed by atoms with Crippen LogP contribution in [0.3, 0.4) is 0 Å². The number of furan rings is 1. The highest BCUT2D eigenvalue weighted by atomic mass is 16.5. The fourth-order valence-electron chi connectivity index (χ4n) is 2.21. The summed E-state index contributed by atoms with van der Waals surface area (Å²) >= 11 is 0. The number of hydrazone groups is 1. The molecule has 0 atom stereocenters. The molecule has 5 heteroatoms. The van der Waals surface area contributed by atoms with E-state index in [1.165, 1.54) is 0 Å². The van der Waals surface area contributed by atoms with E-state index in [-0.39, 0.29) is 12.0 Å². The van der Waals surface area contributed by atoms with Crippen LogP contribution in [-0.2, 0) is 0 Å². The van der Waals surface area contributed by atoms with E-state index in [9.17, 15) is 4.79 Å². The van der Waals surface area contributed by atoms with Crippen molar-refractivity contribution in [1.29, 1.82) is 0 Å². The van der Waals surface area contributed by atoms with Crippen LogP contribution >= 0.6 is 0 Å². The normalized spacial score (nSPS) is 11.7. The summed E-state index contributed by atoms with van der Waals surface area (Å²) < 4.78 is 11.0. The molecule has 2 aromatic rings. The number of ether oxygens (including phenoxy) is 1. The van der Waals surface area contributed by atoms with Gasteiger partial charge in [-0.2, -0.15) is 5.10 Å². The molecular formula is C18H22N2O3. The lowest BCUT2D eigenvalue weighted by atomic mass is 10.2. The number of rotatable bonds is 5. The van der Waals surface area contributed by atoms with Crippen LogP contribution in [0.2, 0.25) is 0 Å². The van der Waals surface area contributed by atoms with Gasteiger partial charge in [0.2, 0.25) is 0 Å². The van der Waals surface area contributed by atoms with Crippen molar-refractivity contribution in [2.24, 2.45) is 5.10 Å². The lowest BCUT2D eigenvalue weighted by Crippen LogP contribution is -2.19. The van der Waals surface area contributed by atoms with Gasteiger partial charge in [-0.25, -0.2) is 5.43 Å². The molecular weight excluding hydrogens is 292 g/mol. The maximum Gasteiger partial charge on any atom is 0.271 e. The monoisotopic (exact) mass is 314 g/mol. The molecule has 5 nitrogen and oxygen atoms in total. The Morgan fingerprint density at radius 3 is 2.39 bits per heavy atom. The third kappa shape index (κ3) is 4.45. The van der Waals surface area contributed by atoms with Crippen molar-refractivity contribution < 1.29 is 13.9 Å². The van der Waals surface area contributed by atoms with Crippen LogP contribution in [0.25, 0.3) is 0 Å². The van der Waals surface area contributed by atoms with Gasteiger partial charge in [-0.3, -0.25) is 4.79 Å². The van der Waals surface area contributed by atoms with E-state index in [4.69, 9.17) is 9.15 Å². The quantitative estimate of drug-likeness (QED) is 0.673. The van der Waals surface area contributed by atoms with E-state index in [0.717, 1.165) is 22.8 Å². The minimum Gasteiger partial charge on any atom is -0.491 e. The Balaban J connectivity index is 2.04. The van der Waals surface area contributed by atoms with Gasteiger partial charge in [-0.05, 0) is 65.0 Å². The van der Waals surface area contributed by atoms with Gasteiger partial charge in [-0.15, -0.1) is 0 Å². The maximum atomic E-state index is 12.1. The molecule has 0 aliphatic heterocycles. The highest BCUT2D eigenvalue weighted by Crippen LogP contribution is 2.15. The number of benzene rings is 1. The second-order valence-corrected chi connectivity index (χ2v) is 5.66. The average Bonchev–Trinajstić information content (AvgIpc) is 2.83. The summed E-state index contributed by atoms with van der Waals surface area (Å²) in [7, 11) is 0. The predicted octanol–water partition coefficient (Wildman–Crippen LogP) is 3.84. The van der Waals surface area contributed by atoms with Crippen molar-refractivity contribution in [3.05, 3.63) is 53.0 Å². The number of carbonyl (C=O) groups excluding carboxylic acids is 1. The van der Waals surface area contributed by atoms with Gasteiger partial charge in [0.25, 0.3) is 5.91 Å². The van der Waals surface area contributed by atoms with Gasteiger partial charge in [0.1, 0.15) is 17.3 Å². The number of aryl methyl sites for hydroxylation is 2. The second kappa shape index (κ2) is 7.13. The van der Waals surface area contributed by atoms with Gasteiger partial charge < -0.3 is 9.15 Å². The van der Waals surface area contributed by atoms with Gasteiger partial charge in [0, 0.05) is 11.1 Å². The van der Waals surface area contributed by atoms with Gasteiger partial charge in [0.15, 0.2) is 0 Å². The summed E-state index contributed by atoms with van der Waals surface area (Å²) in [5.41, 5.74) is 4.68. The van der Waals surface area contributed by atoms with E-state index in [0.29, 0.717) is 11.3 Å². The van der Waals surface area contributed by atoms with Crippen LogP contribution in [0.4, 0.5) is 0 Å². The minimum absolute atomic E-state index is 0.101. The smallest absolute Gasteiger partial charge is 0.271 e. The number of hydrogen-bond donors (Lipinski definition) is 1. The van der Waals surface area contributed by atoms with Crippen LogP contribution in [-0.4, -0.2) is 17.7 Å². The summed E-state index contributed by atoms with van der Waals surface area (Å²) in [6.45, 7) is 9.49. The molecule has 0 aliphatic carbocycles. The van der Waals surface area contributed by atoms with Crippen LogP contribution in [0.15, 0.2) is 39.9 Å². The van der Waals surface area contributed by atoms with Crippen molar-refractivity contribution in [1.82, 2.24) is 5.43 Å². The Morgan fingerprint density at radius 2 is 1.87 bits per heavy atom. The number of nitrogens with zero attached hydrogens (tertiary/aromatic N) is 1. The first-order valence-electron chi connectivity index (χ1n) is 7.55. The lowest BCUT2D eigenvalue weighted by molar-refractivity contribution is 0.0955. The molecule has 1 N–H and O–H groups in total. The number of carbonyl (C=O) groups is 1. The molecule has 2 rings (SSSR count). The van der Waals surface area contributed by atoms with Crippen LogP contribution in [0, 0.1) is 13.8 Å². The molecule has 0 aliphatic rings. The Kier molecular flexibility index (Phi) is 5.21. The lowest BCUT2D eigenvalue weighted by Gasteiger charge is -2.09. The fourth-order valence-corrected chi connectivity index (χ4v) is 2.21. The van der Waals surface area contributed by atoms with Gasteiger partial charge >= 0.3 is 0 Å². The van der Waals surface area contributed by atoms with Crippen molar-refractivity contribution >= 4 is 11.6 Å². The maximum absolute atomic E-state index is 12.1. The summed E-state index contributed by atoms with van der Waals surface area (Å²) in [5, 5.41) is 4.14. The third-order valence-corrected chi connectivity index (χ3v) is 3.24. The van der Waals surface area contributed by atoms with Crippen LogP contribution in [0.1, 0.15) is 48.2 Å². The Labute approximate surface area is 136 Å². The molecule has 0 bridgehead atoms. The molecule has 0 radical (unpaired) electrons. The highest BCUT2D eigenvalue weighted by molar-refractivity contribution is 6.01. The molecule has 1 aromatic heterocycles. The Bertz CT molecular complexity index is 712. The molecule has 0 saturated heterocycles. The summed E-state index contributed by atoms with van der Waals surface area (Å²) in [6.07, 6.45) is 0.101. The van der Waals surface area contributed by atoms with E-state index < -0.39 is 0 Å². The number of amides is 1. The zero-order valence-electron chi connectivity index (χ0n) is 14.1. The van der Waals surface area contributed by atoms with E-state index in [1.54, 1.807) is 24.3 Å². The number of hydrogen-bond acceptors (Lipinski definition) is 4. The minimum atomic E-state index is -0.265. The Morgan fingerprint density at radius 1 is 1.22 bits per heavy atom. The molecule has 0 unspecified atom stereocenters. The first-order valence-corrected chi connectivity index (χ1v) is 7.55. The van der Waals surface area contributed by atoms with E-state index in [2.05, 4.69) is 10.5 Å². The average molecular weight is 314 g/mol. The molecule has 0 fully saturated rings. The van der Waals surface area contributed by atoms with Crippen LogP contribution in [0.5, 0.6) is 5.75 Å². The molecule has 1 heterocycles. The zero-order valence-corrected chi connectivity index (χ0v) is 14.1. The molecule has 0 saturated carbocycles. The molecule has 1 aromatic carbocycles. The summed E-state index contributed by atoms with van der Waals surface area (Å²) in [4.78, 5) is 12.1. The summed E-state index contributed by atoms with van der Waals surface area (Å²) in [6, 6.07) is 8.87. The predicted molar refractivity (Wildman–Crippen MR) is 90.1 cm³/mol. The van der Waals surface area contributed by atoms with E-state index >= 15 is 0 Å². The second-order valence-electron chi connectivity index (χ2n) is 5.66. The molecule has 1 amide bonds. The largest absolute Gasteiger partial charge is 0.491 e. The van der Waals surface area contributed by atoms with Crippen LogP contribution < -0.4 is 10.2 Å². The molecule has 23 heavy (non-hydrogen) atoms. The third-order valence-electron chi connectivity index (χ3n) is 3.24. The van der Waals surface area contributed by atoms with Gasteiger partial charge in [0.05, 0.1) is 11.8 Å². The van der Waals surface area contributed by atoms with Crippen molar-refractivity contribution in [2.75, 3.05) is 0 Å².